The van der Waals surface area contributed by atoms with Crippen LogP contribution >= 0.6 is 0 Å². The van der Waals surface area contributed by atoms with Crippen molar-refractivity contribution in [3.63, 3.8) is 0 Å². The Kier molecular flexibility index (Phi) is 13.1. The van der Waals surface area contributed by atoms with E-state index in [9.17, 15) is 24.3 Å². The van der Waals surface area contributed by atoms with Crippen LogP contribution in [0, 0.1) is 0 Å². The Morgan fingerprint density at radius 1 is 0.951 bits per heavy atom. The molecule has 0 bridgehead atoms. The number of unbranched alkanes of at least 4 members (excludes halogenated alkanes) is 3. The summed E-state index contributed by atoms with van der Waals surface area (Å²) >= 11 is 0. The van der Waals surface area contributed by atoms with E-state index in [-0.39, 0.29) is 25.3 Å². The van der Waals surface area contributed by atoms with E-state index in [0.29, 0.717) is 12.0 Å². The molecule has 0 saturated carbocycles. The van der Waals surface area contributed by atoms with Crippen molar-refractivity contribution in [3.05, 3.63) is 65.7 Å². The van der Waals surface area contributed by atoms with Gasteiger partial charge >= 0.3 is 12.1 Å². The molecule has 0 radical (unpaired) electrons. The van der Waals surface area contributed by atoms with E-state index in [0.717, 1.165) is 24.8 Å². The number of rotatable bonds is 14. The molecule has 0 aliphatic rings. The third kappa shape index (κ3) is 11.5. The molecule has 0 saturated heterocycles. The lowest BCUT2D eigenvalue weighted by Crippen LogP contribution is -2.54. The van der Waals surface area contributed by atoms with Crippen LogP contribution in [-0.4, -0.2) is 65.7 Å². The number of nitrogens with zero attached hydrogens (tertiary/aromatic N) is 1. The van der Waals surface area contributed by atoms with Gasteiger partial charge in [-0.05, 0) is 50.5 Å². The molecular formula is C31H43N3O7. The highest BCUT2D eigenvalue weighted by atomic mass is 16.6. The highest BCUT2D eigenvalue weighted by Crippen LogP contribution is 2.26. The van der Waals surface area contributed by atoms with Gasteiger partial charge in [0, 0.05) is 13.0 Å². The van der Waals surface area contributed by atoms with E-state index in [1.807, 2.05) is 30.3 Å². The maximum atomic E-state index is 14.3. The van der Waals surface area contributed by atoms with Crippen molar-refractivity contribution in [3.8, 4) is 5.75 Å². The molecule has 2 aromatic carbocycles. The molecule has 0 aliphatic heterocycles. The van der Waals surface area contributed by atoms with Crippen LogP contribution < -0.4 is 10.6 Å². The number of hydrogen-bond donors (Lipinski definition) is 3. The Hall–Kier alpha value is -4.08. The molecule has 0 aliphatic carbocycles. The van der Waals surface area contributed by atoms with Gasteiger partial charge in [0.15, 0.2) is 0 Å². The first-order valence-electron chi connectivity index (χ1n) is 13.9. The van der Waals surface area contributed by atoms with Gasteiger partial charge in [0.1, 0.15) is 30.0 Å². The molecule has 2 unspecified atom stereocenters. The fourth-order valence-electron chi connectivity index (χ4n) is 4.23. The number of methoxy groups -OCH3 is 1. The number of benzene rings is 2. The minimum absolute atomic E-state index is 0.00293. The summed E-state index contributed by atoms with van der Waals surface area (Å²) in [5.74, 6) is -1.72. The Labute approximate surface area is 242 Å². The van der Waals surface area contributed by atoms with E-state index in [1.54, 1.807) is 32.9 Å². The fraction of sp³-hybridized carbons (Fsp3) is 0.484. The van der Waals surface area contributed by atoms with E-state index >= 15 is 0 Å². The molecule has 0 spiro atoms. The molecule has 0 fully saturated rings. The van der Waals surface area contributed by atoms with Crippen molar-refractivity contribution in [1.82, 2.24) is 15.5 Å². The third-order valence-electron chi connectivity index (χ3n) is 6.21. The molecule has 3 N–H and O–H groups in total. The van der Waals surface area contributed by atoms with Crippen LogP contribution in [0.1, 0.15) is 70.5 Å². The van der Waals surface area contributed by atoms with Crippen molar-refractivity contribution < 1.29 is 33.8 Å². The summed E-state index contributed by atoms with van der Waals surface area (Å²) in [4.78, 5) is 54.0. The normalized spacial score (nSPS) is 12.5. The van der Waals surface area contributed by atoms with Crippen molar-refractivity contribution in [1.29, 1.82) is 0 Å². The van der Waals surface area contributed by atoms with Gasteiger partial charge in [-0.1, -0.05) is 68.7 Å². The first-order chi connectivity index (χ1) is 19.4. The van der Waals surface area contributed by atoms with Crippen LogP contribution in [0.2, 0.25) is 0 Å². The van der Waals surface area contributed by atoms with Crippen LogP contribution in [0.4, 0.5) is 4.79 Å². The average molecular weight is 570 g/mol. The summed E-state index contributed by atoms with van der Waals surface area (Å²) in [6.07, 6.45) is 2.78. The van der Waals surface area contributed by atoms with Crippen molar-refractivity contribution >= 4 is 23.9 Å². The SMILES string of the molecule is CCCCCCN(C(=O)C(Cc1ccccc1)NC(=O)OC(C)(C)C)C(C(=O)NCC(=O)OC)c1ccc(O)cc1. The van der Waals surface area contributed by atoms with E-state index < -0.39 is 41.6 Å². The van der Waals surface area contributed by atoms with Crippen molar-refractivity contribution in [2.45, 2.75) is 77.5 Å². The smallest absolute Gasteiger partial charge is 0.408 e. The first kappa shape index (κ1) is 33.1. The van der Waals surface area contributed by atoms with Crippen LogP contribution in [0.15, 0.2) is 54.6 Å². The number of aromatic hydroxyl groups is 1. The fourth-order valence-corrected chi connectivity index (χ4v) is 4.23. The first-order valence-corrected chi connectivity index (χ1v) is 13.9. The second-order valence-electron chi connectivity index (χ2n) is 10.8. The predicted octanol–water partition coefficient (Wildman–Crippen LogP) is 4.27. The van der Waals surface area contributed by atoms with E-state index in [2.05, 4.69) is 22.3 Å². The Balaban J connectivity index is 2.53. The largest absolute Gasteiger partial charge is 0.508 e. The van der Waals surface area contributed by atoms with Crippen LogP contribution in [0.25, 0.3) is 0 Å². The summed E-state index contributed by atoms with van der Waals surface area (Å²) in [7, 11) is 1.21. The quantitative estimate of drug-likeness (QED) is 0.229. The summed E-state index contributed by atoms with van der Waals surface area (Å²) in [6, 6.07) is 13.0. The number of hydrogen-bond acceptors (Lipinski definition) is 7. The highest BCUT2D eigenvalue weighted by molar-refractivity contribution is 5.93. The molecule has 10 nitrogen and oxygen atoms in total. The van der Waals surface area contributed by atoms with Gasteiger partial charge in [-0.25, -0.2) is 4.79 Å². The summed E-state index contributed by atoms with van der Waals surface area (Å²) in [5.41, 5.74) is 0.459. The maximum Gasteiger partial charge on any atom is 0.408 e. The summed E-state index contributed by atoms with van der Waals surface area (Å²) in [6.45, 7) is 7.10. The molecule has 0 heterocycles. The number of ether oxygens (including phenoxy) is 2. The zero-order chi connectivity index (χ0) is 30.4. The zero-order valence-electron chi connectivity index (χ0n) is 24.6. The van der Waals surface area contributed by atoms with Gasteiger partial charge < -0.3 is 30.1 Å². The van der Waals surface area contributed by atoms with E-state index in [4.69, 9.17) is 4.74 Å². The van der Waals surface area contributed by atoms with Gasteiger partial charge in [0.25, 0.3) is 0 Å². The minimum Gasteiger partial charge on any atom is -0.508 e. The molecule has 10 heteroatoms. The Morgan fingerprint density at radius 3 is 2.20 bits per heavy atom. The topological polar surface area (TPSA) is 134 Å². The highest BCUT2D eigenvalue weighted by Gasteiger charge is 2.36. The molecule has 41 heavy (non-hydrogen) atoms. The van der Waals surface area contributed by atoms with E-state index in [1.165, 1.54) is 24.1 Å². The molecule has 2 aromatic rings. The number of carbonyl (C=O) groups is 4. The second-order valence-corrected chi connectivity index (χ2v) is 10.8. The zero-order valence-corrected chi connectivity index (χ0v) is 24.6. The monoisotopic (exact) mass is 569 g/mol. The third-order valence-corrected chi connectivity index (χ3v) is 6.21. The van der Waals surface area contributed by atoms with Gasteiger partial charge in [0.2, 0.25) is 11.8 Å². The predicted molar refractivity (Wildman–Crippen MR) is 155 cm³/mol. The lowest BCUT2D eigenvalue weighted by molar-refractivity contribution is -0.144. The summed E-state index contributed by atoms with van der Waals surface area (Å²) in [5, 5.41) is 15.2. The number of alkyl carbamates (subject to hydrolysis) is 1. The number of esters is 1. The molecule has 224 valence electrons. The Morgan fingerprint density at radius 2 is 1.61 bits per heavy atom. The number of phenolic OH excluding ortho intramolecular Hbond substituents is 1. The van der Waals surface area contributed by atoms with Crippen LogP contribution in [0.3, 0.4) is 0 Å². The lowest BCUT2D eigenvalue weighted by Gasteiger charge is -2.34. The number of nitrogens with one attached hydrogen (secondary N) is 2. The van der Waals surface area contributed by atoms with Crippen LogP contribution in [0.5, 0.6) is 5.75 Å². The van der Waals surface area contributed by atoms with Crippen molar-refractivity contribution in [2.75, 3.05) is 20.2 Å². The Bertz CT molecular complexity index is 1130. The molecule has 2 rings (SSSR count). The lowest BCUT2D eigenvalue weighted by atomic mass is 9.99. The average Bonchev–Trinajstić information content (AvgIpc) is 2.92. The van der Waals surface area contributed by atoms with Gasteiger partial charge in [-0.2, -0.15) is 0 Å². The second kappa shape index (κ2) is 16.2. The molecule has 2 atom stereocenters. The van der Waals surface area contributed by atoms with Crippen LogP contribution in [-0.2, 0) is 30.3 Å². The van der Waals surface area contributed by atoms with Crippen molar-refractivity contribution in [2.24, 2.45) is 0 Å². The summed E-state index contributed by atoms with van der Waals surface area (Å²) < 4.78 is 10.1. The number of amides is 3. The number of carbonyl (C=O) groups excluding carboxylic acids is 4. The molecular weight excluding hydrogens is 526 g/mol. The minimum atomic E-state index is -1.15. The molecule has 3 amide bonds. The van der Waals surface area contributed by atoms with Gasteiger partial charge in [-0.3, -0.25) is 14.4 Å². The number of phenols is 1. The maximum absolute atomic E-state index is 14.3. The van der Waals surface area contributed by atoms with Gasteiger partial charge in [0.05, 0.1) is 7.11 Å². The standard InChI is InChI=1S/C31H43N3O7/c1-6-7-8-12-19-34(27(23-15-17-24(35)18-16-23)28(37)32-21-26(36)40-5)29(38)25(20-22-13-10-9-11-14-22)33-30(39)41-31(2,3)4/h9-11,13-18,25,27,35H,6-8,12,19-21H2,1-5H3,(H,32,37)(H,33,39). The van der Waals surface area contributed by atoms with Gasteiger partial charge in [-0.15, -0.1) is 0 Å². The molecule has 0 aromatic heterocycles.